The molecule has 0 atom stereocenters. The van der Waals surface area contributed by atoms with Gasteiger partial charge < -0.3 is 4.57 Å². The Morgan fingerprint density at radius 3 is 2.50 bits per heavy atom. The topological polar surface area (TPSA) is 69.0 Å². The lowest BCUT2D eigenvalue weighted by Crippen LogP contribution is -2.16. The van der Waals surface area contributed by atoms with Crippen molar-refractivity contribution in [2.24, 2.45) is 0 Å². The number of fused-ring (bicyclic) bond motifs is 1. The highest BCUT2D eigenvalue weighted by Crippen LogP contribution is 2.41. The van der Waals surface area contributed by atoms with Crippen LogP contribution < -0.4 is 0 Å². The molecule has 0 radical (unpaired) electrons. The Morgan fingerprint density at radius 1 is 1.00 bits per heavy atom. The molecule has 2 aromatic carbocycles. The number of benzene rings is 2. The molecule has 1 aliphatic carbocycles. The van der Waals surface area contributed by atoms with E-state index in [1.54, 1.807) is 12.1 Å². The van der Waals surface area contributed by atoms with E-state index in [2.05, 4.69) is 45.9 Å². The van der Waals surface area contributed by atoms with E-state index in [0.29, 0.717) is 18.2 Å². The van der Waals surface area contributed by atoms with Gasteiger partial charge in [0.05, 0.1) is 12.2 Å². The van der Waals surface area contributed by atoms with Gasteiger partial charge in [0.15, 0.2) is 15.6 Å². The van der Waals surface area contributed by atoms with Gasteiger partial charge >= 0.3 is 0 Å². The van der Waals surface area contributed by atoms with Gasteiger partial charge in [0.2, 0.25) is 0 Å². The molecule has 5 nitrogen and oxygen atoms in total. The van der Waals surface area contributed by atoms with Crippen molar-refractivity contribution in [3.8, 4) is 11.3 Å². The van der Waals surface area contributed by atoms with Crippen LogP contribution in [0.25, 0.3) is 22.2 Å². The summed E-state index contributed by atoms with van der Waals surface area (Å²) in [5, 5.41) is 1.19. The van der Waals surface area contributed by atoms with Crippen LogP contribution in [-0.2, 0) is 16.4 Å². The van der Waals surface area contributed by atoms with Gasteiger partial charge in [-0.1, -0.05) is 42.5 Å². The fraction of sp³-hybridized carbons (Fsp3) is 0.231. The van der Waals surface area contributed by atoms with E-state index in [9.17, 15) is 13.2 Å². The molecule has 1 saturated carbocycles. The van der Waals surface area contributed by atoms with Gasteiger partial charge in [-0.2, -0.15) is 0 Å². The summed E-state index contributed by atoms with van der Waals surface area (Å²) in [4.78, 5) is 16.9. The van der Waals surface area contributed by atoms with Gasteiger partial charge in [-0.15, -0.1) is 0 Å². The molecule has 0 amide bonds. The Labute approximate surface area is 187 Å². The van der Waals surface area contributed by atoms with Crippen molar-refractivity contribution < 1.29 is 13.2 Å². The molecular weight excluding hydrogens is 420 g/mol. The Bertz CT molecular complexity index is 1420. The highest BCUT2D eigenvalue weighted by Gasteiger charge is 2.24. The number of Topliss-reactive ketones (excluding diaryl/α,β-unsaturated/α-hetero) is 1. The van der Waals surface area contributed by atoms with Gasteiger partial charge in [0, 0.05) is 22.9 Å². The fourth-order valence-electron chi connectivity index (χ4n) is 4.18. The molecule has 5 rings (SSSR count). The number of hydrogen-bond donors (Lipinski definition) is 0. The summed E-state index contributed by atoms with van der Waals surface area (Å²) in [5.41, 5.74) is 5.60. The normalized spacial score (nSPS) is 14.0. The van der Waals surface area contributed by atoms with Crippen LogP contribution in [0.2, 0.25) is 0 Å². The maximum atomic E-state index is 12.4. The standard InChI is InChI=1S/C26H24N2O3S/c1-32(30,31)17-26(29)23-9-5-8-22(27-23)16-28-24-13-12-20(18-10-11-18)14-21(24)15-25(28)19-6-3-2-4-7-19/h2-9,12-15,18H,10-11,16-17H2,1H3. The minimum Gasteiger partial charge on any atom is -0.334 e. The number of carbonyl (C=O) groups is 1. The molecule has 0 unspecified atom stereocenters. The van der Waals surface area contributed by atoms with Crippen LogP contribution in [0.5, 0.6) is 0 Å². The molecule has 0 aliphatic heterocycles. The molecule has 6 heteroatoms. The van der Waals surface area contributed by atoms with Crippen LogP contribution in [0, 0.1) is 0 Å². The smallest absolute Gasteiger partial charge is 0.196 e. The molecule has 4 aromatic rings. The van der Waals surface area contributed by atoms with E-state index >= 15 is 0 Å². The second-order valence-electron chi connectivity index (χ2n) is 8.58. The van der Waals surface area contributed by atoms with Crippen LogP contribution in [-0.4, -0.2) is 35.8 Å². The van der Waals surface area contributed by atoms with Gasteiger partial charge in [-0.25, -0.2) is 13.4 Å². The second-order valence-corrected chi connectivity index (χ2v) is 10.7. The van der Waals surface area contributed by atoms with Gasteiger partial charge in [0.25, 0.3) is 0 Å². The summed E-state index contributed by atoms with van der Waals surface area (Å²) in [6, 6.07) is 24.3. The number of pyridine rings is 1. The molecule has 0 spiro atoms. The lowest BCUT2D eigenvalue weighted by molar-refractivity contribution is 0.101. The van der Waals surface area contributed by atoms with Crippen molar-refractivity contribution in [2.45, 2.75) is 25.3 Å². The van der Waals surface area contributed by atoms with Crippen molar-refractivity contribution in [3.63, 3.8) is 0 Å². The average molecular weight is 445 g/mol. The third-order valence-corrected chi connectivity index (χ3v) is 6.64. The zero-order valence-electron chi connectivity index (χ0n) is 17.9. The Balaban J connectivity index is 1.56. The first kappa shape index (κ1) is 20.6. The number of carbonyl (C=O) groups excluding carboxylic acids is 1. The van der Waals surface area contributed by atoms with E-state index in [4.69, 9.17) is 0 Å². The third-order valence-electron chi connectivity index (χ3n) is 5.85. The van der Waals surface area contributed by atoms with Gasteiger partial charge in [-0.05, 0) is 60.2 Å². The van der Waals surface area contributed by atoms with E-state index in [0.717, 1.165) is 23.0 Å². The van der Waals surface area contributed by atoms with E-state index in [-0.39, 0.29) is 5.69 Å². The van der Waals surface area contributed by atoms with E-state index < -0.39 is 21.4 Å². The van der Waals surface area contributed by atoms with Crippen LogP contribution in [0.1, 0.15) is 40.5 Å². The van der Waals surface area contributed by atoms with Crippen molar-refractivity contribution in [3.05, 3.63) is 89.7 Å². The first-order valence-electron chi connectivity index (χ1n) is 10.7. The number of nitrogens with zero attached hydrogens (tertiary/aromatic N) is 2. The summed E-state index contributed by atoms with van der Waals surface area (Å²) >= 11 is 0. The molecule has 2 aromatic heterocycles. The summed E-state index contributed by atoms with van der Waals surface area (Å²) in [5.74, 6) is -0.332. The molecule has 1 fully saturated rings. The van der Waals surface area contributed by atoms with Crippen molar-refractivity contribution in [1.29, 1.82) is 0 Å². The molecule has 32 heavy (non-hydrogen) atoms. The summed E-state index contributed by atoms with van der Waals surface area (Å²) < 4.78 is 25.3. The highest BCUT2D eigenvalue weighted by atomic mass is 32.2. The number of ketones is 1. The molecule has 2 heterocycles. The first-order valence-corrected chi connectivity index (χ1v) is 12.8. The van der Waals surface area contributed by atoms with E-state index in [1.807, 2.05) is 24.3 Å². The van der Waals surface area contributed by atoms with Crippen LogP contribution in [0.4, 0.5) is 0 Å². The summed E-state index contributed by atoms with van der Waals surface area (Å²) in [7, 11) is -3.41. The lowest BCUT2D eigenvalue weighted by Gasteiger charge is -2.12. The fourth-order valence-corrected chi connectivity index (χ4v) is 4.80. The second kappa shape index (κ2) is 8.02. The van der Waals surface area contributed by atoms with Crippen molar-refractivity contribution >= 4 is 26.5 Å². The van der Waals surface area contributed by atoms with Crippen molar-refractivity contribution in [2.75, 3.05) is 12.0 Å². The van der Waals surface area contributed by atoms with Crippen molar-refractivity contribution in [1.82, 2.24) is 9.55 Å². The SMILES string of the molecule is CS(=O)(=O)CC(=O)c1cccc(Cn2c(-c3ccccc3)cc3cc(C4CC4)ccc32)n1. The Kier molecular flexibility index (Phi) is 5.18. The first-order chi connectivity index (χ1) is 15.4. The Morgan fingerprint density at radius 2 is 1.78 bits per heavy atom. The average Bonchev–Trinajstić information content (AvgIpc) is 3.56. The van der Waals surface area contributed by atoms with Crippen LogP contribution in [0.3, 0.4) is 0 Å². The zero-order valence-corrected chi connectivity index (χ0v) is 18.7. The maximum absolute atomic E-state index is 12.4. The number of sulfone groups is 1. The van der Waals surface area contributed by atoms with Crippen LogP contribution in [0.15, 0.2) is 72.8 Å². The van der Waals surface area contributed by atoms with Gasteiger partial charge in [0.1, 0.15) is 11.4 Å². The highest BCUT2D eigenvalue weighted by molar-refractivity contribution is 7.91. The quantitative estimate of drug-likeness (QED) is 0.382. The predicted molar refractivity (Wildman–Crippen MR) is 127 cm³/mol. The zero-order chi connectivity index (χ0) is 22.3. The summed E-state index contributed by atoms with van der Waals surface area (Å²) in [6.07, 6.45) is 3.58. The number of aromatic nitrogens is 2. The minimum atomic E-state index is -3.41. The molecular formula is C26H24N2O3S. The lowest BCUT2D eigenvalue weighted by atomic mass is 10.1. The maximum Gasteiger partial charge on any atom is 0.196 e. The molecule has 162 valence electrons. The third kappa shape index (κ3) is 4.36. The molecule has 0 bridgehead atoms. The largest absolute Gasteiger partial charge is 0.334 e. The summed E-state index contributed by atoms with van der Waals surface area (Å²) in [6.45, 7) is 0.483. The monoisotopic (exact) mass is 444 g/mol. The molecule has 0 saturated heterocycles. The predicted octanol–water partition coefficient (Wildman–Crippen LogP) is 4.86. The molecule has 0 N–H and O–H groups in total. The minimum absolute atomic E-state index is 0.182. The van der Waals surface area contributed by atoms with Crippen LogP contribution >= 0.6 is 0 Å². The number of rotatable bonds is 7. The van der Waals surface area contributed by atoms with Gasteiger partial charge in [-0.3, -0.25) is 4.79 Å². The molecule has 1 aliphatic rings. The Hall–Kier alpha value is -3.25. The number of hydrogen-bond acceptors (Lipinski definition) is 4. The van der Waals surface area contributed by atoms with E-state index in [1.165, 1.54) is 23.8 Å².